The van der Waals surface area contributed by atoms with Gasteiger partial charge in [0.05, 0.1) is 12.6 Å². The predicted molar refractivity (Wildman–Crippen MR) is 90.9 cm³/mol. The fraction of sp³-hybridized carbons (Fsp3) is 0.632. The molecule has 1 amide bonds. The van der Waals surface area contributed by atoms with Crippen molar-refractivity contribution in [2.24, 2.45) is 5.92 Å². The predicted octanol–water partition coefficient (Wildman–Crippen LogP) is 2.76. The number of hydrogen-bond acceptors (Lipinski definition) is 3. The molecule has 0 radical (unpaired) electrons. The quantitative estimate of drug-likeness (QED) is 0.848. The van der Waals surface area contributed by atoms with E-state index in [0.717, 1.165) is 24.2 Å². The molecule has 3 rings (SSSR count). The number of fused-ring (bicyclic) bond motifs is 1. The highest BCUT2D eigenvalue weighted by Crippen LogP contribution is 2.33. The van der Waals surface area contributed by atoms with Gasteiger partial charge in [0, 0.05) is 19.2 Å². The Labute approximate surface area is 139 Å². The molecule has 2 fully saturated rings. The molecule has 2 N–H and O–H groups in total. The van der Waals surface area contributed by atoms with Crippen LogP contribution >= 0.6 is 0 Å². The molecule has 1 aromatic rings. The van der Waals surface area contributed by atoms with Gasteiger partial charge in [-0.2, -0.15) is 0 Å². The Morgan fingerprint density at radius 1 is 1.30 bits per heavy atom. The Bertz CT molecular complexity index is 518. The second-order valence-electron chi connectivity index (χ2n) is 6.78. The van der Waals surface area contributed by atoms with E-state index < -0.39 is 0 Å². The van der Waals surface area contributed by atoms with E-state index in [1.807, 2.05) is 13.0 Å². The highest BCUT2D eigenvalue weighted by Gasteiger charge is 2.37. The van der Waals surface area contributed by atoms with E-state index in [0.29, 0.717) is 25.1 Å². The zero-order chi connectivity index (χ0) is 16.1. The molecule has 23 heavy (non-hydrogen) atoms. The fourth-order valence-electron chi connectivity index (χ4n) is 3.88. The molecule has 4 heteroatoms. The van der Waals surface area contributed by atoms with E-state index in [1.54, 1.807) is 0 Å². The minimum atomic E-state index is -0.00490. The zero-order valence-corrected chi connectivity index (χ0v) is 14.0. The molecule has 0 unspecified atom stereocenters. The van der Waals surface area contributed by atoms with Crippen molar-refractivity contribution in [1.29, 1.82) is 0 Å². The van der Waals surface area contributed by atoms with Crippen LogP contribution in [0.15, 0.2) is 24.3 Å². The summed E-state index contributed by atoms with van der Waals surface area (Å²) in [5.41, 5.74) is 2.29. The SMILES string of the molecule is CCOCc1cccc(CNC(=O)[C@@H]2C[C@@H]3CCCC[C@@H]3N2)c1. The van der Waals surface area contributed by atoms with Crippen LogP contribution < -0.4 is 10.6 Å². The summed E-state index contributed by atoms with van der Waals surface area (Å²) >= 11 is 0. The van der Waals surface area contributed by atoms with E-state index in [2.05, 4.69) is 28.8 Å². The fourth-order valence-corrected chi connectivity index (χ4v) is 3.88. The Balaban J connectivity index is 1.49. The highest BCUT2D eigenvalue weighted by atomic mass is 16.5. The van der Waals surface area contributed by atoms with Gasteiger partial charge in [-0.1, -0.05) is 37.1 Å². The molecule has 1 saturated carbocycles. The summed E-state index contributed by atoms with van der Waals surface area (Å²) in [7, 11) is 0. The van der Waals surface area contributed by atoms with Gasteiger partial charge < -0.3 is 15.4 Å². The lowest BCUT2D eigenvalue weighted by Gasteiger charge is -2.24. The Morgan fingerprint density at radius 2 is 2.13 bits per heavy atom. The Kier molecular flexibility index (Phi) is 5.68. The molecular formula is C19H28N2O2. The van der Waals surface area contributed by atoms with Gasteiger partial charge in [-0.3, -0.25) is 4.79 Å². The van der Waals surface area contributed by atoms with E-state index in [-0.39, 0.29) is 11.9 Å². The van der Waals surface area contributed by atoms with Crippen molar-refractivity contribution in [2.75, 3.05) is 6.61 Å². The number of hydrogen-bond donors (Lipinski definition) is 2. The number of benzene rings is 1. The molecule has 4 nitrogen and oxygen atoms in total. The minimum absolute atomic E-state index is 0.00490. The maximum atomic E-state index is 12.4. The van der Waals surface area contributed by atoms with Crippen LogP contribution in [-0.2, 0) is 22.7 Å². The first kappa shape index (κ1) is 16.5. The van der Waals surface area contributed by atoms with Crippen LogP contribution in [0.5, 0.6) is 0 Å². The number of nitrogens with one attached hydrogen (secondary N) is 2. The minimum Gasteiger partial charge on any atom is -0.377 e. The van der Waals surface area contributed by atoms with Crippen molar-refractivity contribution in [2.45, 2.75) is 64.3 Å². The monoisotopic (exact) mass is 316 g/mol. The van der Waals surface area contributed by atoms with Crippen molar-refractivity contribution >= 4 is 5.91 Å². The molecule has 1 heterocycles. The van der Waals surface area contributed by atoms with E-state index in [1.165, 1.54) is 25.7 Å². The third-order valence-corrected chi connectivity index (χ3v) is 5.11. The molecule has 0 bridgehead atoms. The van der Waals surface area contributed by atoms with Gasteiger partial charge in [-0.15, -0.1) is 0 Å². The van der Waals surface area contributed by atoms with Crippen molar-refractivity contribution in [3.05, 3.63) is 35.4 Å². The molecule has 1 saturated heterocycles. The molecular weight excluding hydrogens is 288 g/mol. The van der Waals surface area contributed by atoms with Crippen LogP contribution in [-0.4, -0.2) is 24.6 Å². The first-order chi connectivity index (χ1) is 11.3. The highest BCUT2D eigenvalue weighted by molar-refractivity contribution is 5.82. The van der Waals surface area contributed by atoms with E-state index >= 15 is 0 Å². The van der Waals surface area contributed by atoms with E-state index in [9.17, 15) is 4.79 Å². The maximum Gasteiger partial charge on any atom is 0.237 e. The summed E-state index contributed by atoms with van der Waals surface area (Å²) in [6.45, 7) is 3.94. The van der Waals surface area contributed by atoms with Gasteiger partial charge in [0.25, 0.3) is 0 Å². The van der Waals surface area contributed by atoms with Crippen LogP contribution in [0.25, 0.3) is 0 Å². The van der Waals surface area contributed by atoms with Gasteiger partial charge >= 0.3 is 0 Å². The summed E-state index contributed by atoms with van der Waals surface area (Å²) in [6, 6.07) is 8.81. The number of amides is 1. The molecule has 0 aromatic heterocycles. The standard InChI is InChI=1S/C19H28N2O2/c1-2-23-13-15-7-5-6-14(10-15)12-20-19(22)18-11-16-8-3-4-9-17(16)21-18/h5-7,10,16-18,21H,2-4,8-9,11-13H2,1H3,(H,20,22)/t16-,17-,18-/m0/s1. The Hall–Kier alpha value is -1.39. The van der Waals surface area contributed by atoms with Crippen LogP contribution in [0, 0.1) is 5.92 Å². The van der Waals surface area contributed by atoms with Crippen molar-refractivity contribution < 1.29 is 9.53 Å². The van der Waals surface area contributed by atoms with Crippen molar-refractivity contribution in [3.8, 4) is 0 Å². The lowest BCUT2D eigenvalue weighted by atomic mass is 9.85. The molecule has 3 atom stereocenters. The second kappa shape index (κ2) is 7.93. The average molecular weight is 316 g/mol. The zero-order valence-electron chi connectivity index (χ0n) is 14.0. The van der Waals surface area contributed by atoms with Crippen molar-refractivity contribution in [3.63, 3.8) is 0 Å². The molecule has 0 spiro atoms. The number of ether oxygens (including phenoxy) is 1. The van der Waals surface area contributed by atoms with Crippen LogP contribution in [0.4, 0.5) is 0 Å². The second-order valence-corrected chi connectivity index (χ2v) is 6.78. The van der Waals surface area contributed by atoms with Gasteiger partial charge in [-0.05, 0) is 43.2 Å². The summed E-state index contributed by atoms with van der Waals surface area (Å²) < 4.78 is 5.44. The molecule has 1 aliphatic heterocycles. The lowest BCUT2D eigenvalue weighted by molar-refractivity contribution is -0.123. The number of carbonyl (C=O) groups excluding carboxylic acids is 1. The molecule has 1 aromatic carbocycles. The molecule has 126 valence electrons. The number of rotatable bonds is 6. The van der Waals surface area contributed by atoms with Crippen LogP contribution in [0.2, 0.25) is 0 Å². The van der Waals surface area contributed by atoms with Crippen LogP contribution in [0.1, 0.15) is 50.2 Å². The van der Waals surface area contributed by atoms with Crippen LogP contribution in [0.3, 0.4) is 0 Å². The van der Waals surface area contributed by atoms with Crippen molar-refractivity contribution in [1.82, 2.24) is 10.6 Å². The lowest BCUT2D eigenvalue weighted by Crippen LogP contribution is -2.42. The first-order valence-corrected chi connectivity index (χ1v) is 8.95. The summed E-state index contributed by atoms with van der Waals surface area (Å²) in [5, 5.41) is 6.63. The maximum absolute atomic E-state index is 12.4. The first-order valence-electron chi connectivity index (χ1n) is 8.95. The number of carbonyl (C=O) groups is 1. The average Bonchev–Trinajstić information content (AvgIpc) is 3.02. The normalized spacial score (nSPS) is 26.7. The van der Waals surface area contributed by atoms with Gasteiger partial charge in [0.2, 0.25) is 5.91 Å². The topological polar surface area (TPSA) is 50.4 Å². The third kappa shape index (κ3) is 4.33. The largest absolute Gasteiger partial charge is 0.377 e. The summed E-state index contributed by atoms with van der Waals surface area (Å²) in [5.74, 6) is 0.851. The molecule has 1 aliphatic carbocycles. The molecule has 2 aliphatic rings. The summed E-state index contributed by atoms with van der Waals surface area (Å²) in [4.78, 5) is 12.4. The van der Waals surface area contributed by atoms with E-state index in [4.69, 9.17) is 4.74 Å². The van der Waals surface area contributed by atoms with Gasteiger partial charge in [0.1, 0.15) is 0 Å². The Morgan fingerprint density at radius 3 is 2.96 bits per heavy atom. The smallest absolute Gasteiger partial charge is 0.237 e. The summed E-state index contributed by atoms with van der Waals surface area (Å²) in [6.07, 6.45) is 6.13. The third-order valence-electron chi connectivity index (χ3n) is 5.11. The van der Waals surface area contributed by atoms with Gasteiger partial charge in [-0.25, -0.2) is 0 Å². The van der Waals surface area contributed by atoms with Gasteiger partial charge in [0.15, 0.2) is 0 Å².